The van der Waals surface area contributed by atoms with Gasteiger partial charge < -0.3 is 15.5 Å². The van der Waals surface area contributed by atoms with E-state index in [1.807, 2.05) is 6.92 Å². The van der Waals surface area contributed by atoms with Crippen LogP contribution < -0.4 is 10.6 Å². The monoisotopic (exact) mass is 352 g/mol. The van der Waals surface area contributed by atoms with Gasteiger partial charge >= 0.3 is 6.03 Å². The summed E-state index contributed by atoms with van der Waals surface area (Å²) in [5.41, 5.74) is -0.869. The van der Waals surface area contributed by atoms with Crippen LogP contribution in [0, 0.1) is 5.92 Å². The van der Waals surface area contributed by atoms with E-state index in [0.717, 1.165) is 24.2 Å². The van der Waals surface area contributed by atoms with Crippen molar-refractivity contribution in [2.75, 3.05) is 26.2 Å². The lowest BCUT2D eigenvalue weighted by Gasteiger charge is -2.36. The molecule has 5 amide bonds. The average molecular weight is 352 g/mol. The fraction of sp³-hybridized carbons (Fsp3) is 0.765. The smallest absolute Gasteiger partial charge is 0.325 e. The maximum atomic E-state index is 12.9. The summed E-state index contributed by atoms with van der Waals surface area (Å²) in [5, 5.41) is 5.47. The van der Waals surface area contributed by atoms with Crippen LogP contribution >= 0.6 is 0 Å². The van der Waals surface area contributed by atoms with E-state index in [9.17, 15) is 19.2 Å². The van der Waals surface area contributed by atoms with E-state index in [1.165, 1.54) is 4.90 Å². The highest BCUT2D eigenvalue weighted by molar-refractivity contribution is 6.09. The Bertz CT molecular complexity index is 565. The maximum absolute atomic E-state index is 12.9. The molecule has 8 nitrogen and oxygen atoms in total. The SMILES string of the molecule is CCNC(=O)CN(CC)C(=O)CN1C(=O)N[C@]2(CCCC[C@@H]2C)C1=O. The number of carbonyl (C=O) groups is 4. The van der Waals surface area contributed by atoms with Gasteiger partial charge in [0.15, 0.2) is 0 Å². The van der Waals surface area contributed by atoms with E-state index < -0.39 is 17.5 Å². The minimum atomic E-state index is -0.869. The van der Waals surface area contributed by atoms with Gasteiger partial charge in [-0.2, -0.15) is 0 Å². The van der Waals surface area contributed by atoms with Crippen LogP contribution in [-0.4, -0.2) is 65.3 Å². The number of nitrogens with zero attached hydrogens (tertiary/aromatic N) is 2. The van der Waals surface area contributed by atoms with Gasteiger partial charge in [0, 0.05) is 13.1 Å². The summed E-state index contributed by atoms with van der Waals surface area (Å²) in [6.45, 7) is 5.94. The predicted molar refractivity (Wildman–Crippen MR) is 91.5 cm³/mol. The highest BCUT2D eigenvalue weighted by atomic mass is 16.2. The largest absolute Gasteiger partial charge is 0.355 e. The molecule has 2 rings (SSSR count). The zero-order valence-corrected chi connectivity index (χ0v) is 15.3. The quantitative estimate of drug-likeness (QED) is 0.679. The molecule has 0 bridgehead atoms. The highest BCUT2D eigenvalue weighted by Gasteiger charge is 2.55. The first-order chi connectivity index (χ1) is 11.9. The zero-order valence-electron chi connectivity index (χ0n) is 15.3. The number of amides is 5. The Balaban J connectivity index is 2.06. The number of likely N-dealkylation sites (N-methyl/N-ethyl adjacent to an activating group) is 2. The van der Waals surface area contributed by atoms with Crippen LogP contribution in [0.15, 0.2) is 0 Å². The molecule has 1 saturated carbocycles. The van der Waals surface area contributed by atoms with Gasteiger partial charge in [-0.25, -0.2) is 4.79 Å². The number of imide groups is 1. The van der Waals surface area contributed by atoms with E-state index in [1.54, 1.807) is 13.8 Å². The van der Waals surface area contributed by atoms with E-state index in [4.69, 9.17) is 0 Å². The third-order valence-corrected chi connectivity index (χ3v) is 5.24. The summed E-state index contributed by atoms with van der Waals surface area (Å²) in [7, 11) is 0. The first-order valence-corrected chi connectivity index (χ1v) is 9.04. The van der Waals surface area contributed by atoms with Gasteiger partial charge in [0.1, 0.15) is 12.1 Å². The van der Waals surface area contributed by atoms with Crippen molar-refractivity contribution in [3.05, 3.63) is 0 Å². The lowest BCUT2D eigenvalue weighted by atomic mass is 9.73. The minimum absolute atomic E-state index is 0.0513. The Morgan fingerprint density at radius 2 is 2.04 bits per heavy atom. The molecule has 140 valence electrons. The summed E-state index contributed by atoms with van der Waals surface area (Å²) < 4.78 is 0. The van der Waals surface area contributed by atoms with Gasteiger partial charge in [0.05, 0.1) is 6.54 Å². The molecule has 0 aromatic rings. The molecule has 2 atom stereocenters. The first kappa shape index (κ1) is 19.2. The molecular formula is C17H28N4O4. The topological polar surface area (TPSA) is 98.8 Å². The predicted octanol–water partition coefficient (Wildman–Crippen LogP) is 0.472. The van der Waals surface area contributed by atoms with Crippen molar-refractivity contribution in [3.8, 4) is 0 Å². The Morgan fingerprint density at radius 1 is 1.32 bits per heavy atom. The standard InChI is InChI=1S/C17H28N4O4/c1-4-18-13(22)10-20(5-2)14(23)11-21-15(24)17(19-16(21)25)9-7-6-8-12(17)3/h12H,4-11H2,1-3H3,(H,18,22)(H,19,25)/t12-,17-/m0/s1. The second-order valence-electron chi connectivity index (χ2n) is 6.80. The second kappa shape index (κ2) is 7.84. The molecule has 8 heteroatoms. The molecule has 0 aromatic carbocycles. The number of hydrogen-bond acceptors (Lipinski definition) is 4. The van der Waals surface area contributed by atoms with Crippen LogP contribution in [0.1, 0.15) is 46.5 Å². The van der Waals surface area contributed by atoms with E-state index >= 15 is 0 Å². The third-order valence-electron chi connectivity index (χ3n) is 5.24. The van der Waals surface area contributed by atoms with E-state index in [2.05, 4.69) is 10.6 Å². The van der Waals surface area contributed by atoms with Crippen molar-refractivity contribution in [2.45, 2.75) is 52.0 Å². The Hall–Kier alpha value is -2.12. The minimum Gasteiger partial charge on any atom is -0.355 e. The van der Waals surface area contributed by atoms with Crippen molar-refractivity contribution in [2.24, 2.45) is 5.92 Å². The van der Waals surface area contributed by atoms with Crippen molar-refractivity contribution in [3.63, 3.8) is 0 Å². The van der Waals surface area contributed by atoms with Gasteiger partial charge in [0.2, 0.25) is 11.8 Å². The first-order valence-electron chi connectivity index (χ1n) is 9.04. The fourth-order valence-electron chi connectivity index (χ4n) is 3.68. The fourth-order valence-corrected chi connectivity index (χ4v) is 3.68. The molecule has 2 N–H and O–H groups in total. The molecule has 1 spiro atoms. The van der Waals surface area contributed by atoms with Gasteiger partial charge in [-0.3, -0.25) is 19.3 Å². The molecular weight excluding hydrogens is 324 g/mol. The highest BCUT2D eigenvalue weighted by Crippen LogP contribution is 2.38. The Morgan fingerprint density at radius 3 is 2.64 bits per heavy atom. The van der Waals surface area contributed by atoms with E-state index in [0.29, 0.717) is 19.5 Å². The molecule has 2 aliphatic rings. The number of nitrogens with one attached hydrogen (secondary N) is 2. The Kier molecular flexibility index (Phi) is 6.02. The second-order valence-corrected chi connectivity index (χ2v) is 6.80. The van der Waals surface area contributed by atoms with Crippen molar-refractivity contribution >= 4 is 23.8 Å². The van der Waals surface area contributed by atoms with Crippen molar-refractivity contribution in [1.82, 2.24) is 20.4 Å². The van der Waals surface area contributed by atoms with Crippen molar-refractivity contribution < 1.29 is 19.2 Å². The van der Waals surface area contributed by atoms with Gasteiger partial charge in [-0.15, -0.1) is 0 Å². The summed E-state index contributed by atoms with van der Waals surface area (Å²) in [5.74, 6) is -0.924. The number of hydrogen-bond donors (Lipinski definition) is 2. The van der Waals surface area contributed by atoms with Gasteiger partial charge in [-0.1, -0.05) is 19.8 Å². The lowest BCUT2D eigenvalue weighted by molar-refractivity contribution is -0.141. The molecule has 0 aromatic heterocycles. The summed E-state index contributed by atoms with van der Waals surface area (Å²) in [4.78, 5) is 51.7. The summed E-state index contributed by atoms with van der Waals surface area (Å²) >= 11 is 0. The van der Waals surface area contributed by atoms with Gasteiger partial charge in [0.25, 0.3) is 5.91 Å². The van der Waals surface area contributed by atoms with E-state index in [-0.39, 0.29) is 30.8 Å². The zero-order chi connectivity index (χ0) is 18.6. The molecule has 1 saturated heterocycles. The van der Waals surface area contributed by atoms with Crippen molar-refractivity contribution in [1.29, 1.82) is 0 Å². The summed E-state index contributed by atoms with van der Waals surface area (Å²) in [6, 6.07) is -0.513. The number of carbonyl (C=O) groups excluding carboxylic acids is 4. The van der Waals surface area contributed by atoms with Gasteiger partial charge in [-0.05, 0) is 32.6 Å². The Labute approximate surface area is 148 Å². The molecule has 0 unspecified atom stereocenters. The molecule has 1 aliphatic heterocycles. The molecule has 1 aliphatic carbocycles. The lowest BCUT2D eigenvalue weighted by Crippen LogP contribution is -2.54. The normalized spacial score (nSPS) is 25.9. The molecule has 25 heavy (non-hydrogen) atoms. The van der Waals surface area contributed by atoms with Crippen LogP contribution in [0.2, 0.25) is 0 Å². The van der Waals surface area contributed by atoms with Crippen LogP contribution in [0.5, 0.6) is 0 Å². The summed E-state index contributed by atoms with van der Waals surface area (Å²) in [6.07, 6.45) is 3.42. The third kappa shape index (κ3) is 3.77. The van der Waals surface area contributed by atoms with Crippen LogP contribution in [0.4, 0.5) is 4.79 Å². The average Bonchev–Trinajstić information content (AvgIpc) is 2.80. The molecule has 2 fully saturated rings. The molecule has 0 radical (unpaired) electrons. The maximum Gasteiger partial charge on any atom is 0.325 e. The number of rotatable bonds is 6. The molecule has 1 heterocycles. The van der Waals surface area contributed by atoms with Crippen LogP contribution in [0.25, 0.3) is 0 Å². The van der Waals surface area contributed by atoms with Crippen LogP contribution in [0.3, 0.4) is 0 Å². The number of urea groups is 1. The van der Waals surface area contributed by atoms with Crippen LogP contribution in [-0.2, 0) is 14.4 Å².